The fourth-order valence-electron chi connectivity index (χ4n) is 2.92. The van der Waals surface area contributed by atoms with Crippen molar-refractivity contribution in [2.45, 2.75) is 11.8 Å². The van der Waals surface area contributed by atoms with Crippen molar-refractivity contribution >= 4 is 15.9 Å². The van der Waals surface area contributed by atoms with Gasteiger partial charge in [0.25, 0.3) is 5.91 Å². The molecule has 0 unspecified atom stereocenters. The summed E-state index contributed by atoms with van der Waals surface area (Å²) in [4.78, 5) is 12.1. The smallest absolute Gasteiger partial charge is 0.258 e. The molecule has 2 aromatic rings. The van der Waals surface area contributed by atoms with Crippen LogP contribution in [0.2, 0.25) is 0 Å². The van der Waals surface area contributed by atoms with Gasteiger partial charge in [0.2, 0.25) is 10.0 Å². The number of hydrogen-bond donors (Lipinski definition) is 1. The predicted molar refractivity (Wildman–Crippen MR) is 111 cm³/mol. The monoisotopic (exact) mass is 434 g/mol. The highest BCUT2D eigenvalue weighted by atomic mass is 32.2. The number of benzene rings is 2. The largest absolute Gasteiger partial charge is 0.492 e. The summed E-state index contributed by atoms with van der Waals surface area (Å²) >= 11 is 0. The lowest BCUT2D eigenvalue weighted by molar-refractivity contribution is -0.123. The molecule has 0 atom stereocenters. The number of nitrogens with zero attached hydrogens (tertiary/aromatic N) is 1. The van der Waals surface area contributed by atoms with Crippen LogP contribution in [0.4, 0.5) is 0 Å². The molecular formula is C21H26N2O6S. The van der Waals surface area contributed by atoms with E-state index in [0.29, 0.717) is 44.3 Å². The molecule has 1 fully saturated rings. The Kier molecular flexibility index (Phi) is 7.67. The minimum Gasteiger partial charge on any atom is -0.492 e. The van der Waals surface area contributed by atoms with Gasteiger partial charge >= 0.3 is 0 Å². The van der Waals surface area contributed by atoms with Crippen LogP contribution >= 0.6 is 0 Å². The quantitative estimate of drug-likeness (QED) is 0.603. The topological polar surface area (TPSA) is 94.2 Å². The highest BCUT2D eigenvalue weighted by molar-refractivity contribution is 7.89. The van der Waals surface area contributed by atoms with Gasteiger partial charge in [0.1, 0.15) is 18.1 Å². The van der Waals surface area contributed by atoms with Gasteiger partial charge in [-0.25, -0.2) is 8.42 Å². The standard InChI is InChI=1S/C21H26N2O6S/c1-17-4-2-3-5-20(17)29-16-21(24)22-10-13-28-18-6-8-19(9-7-18)30(25,26)23-11-14-27-15-12-23/h2-9H,10-16H2,1H3,(H,22,24). The van der Waals surface area contributed by atoms with E-state index in [1.807, 2.05) is 31.2 Å². The van der Waals surface area contributed by atoms with Crippen molar-refractivity contribution in [1.29, 1.82) is 0 Å². The molecule has 0 aromatic heterocycles. The summed E-state index contributed by atoms with van der Waals surface area (Å²) in [5.74, 6) is 0.964. The summed E-state index contributed by atoms with van der Waals surface area (Å²) in [6, 6.07) is 13.7. The Bertz CT molecular complexity index is 940. The lowest BCUT2D eigenvalue weighted by Crippen LogP contribution is -2.40. The summed E-state index contributed by atoms with van der Waals surface area (Å²) in [6.07, 6.45) is 0. The first-order valence-corrected chi connectivity index (χ1v) is 11.2. The first-order chi connectivity index (χ1) is 14.5. The molecule has 0 radical (unpaired) electrons. The molecule has 1 aliphatic heterocycles. The van der Waals surface area contributed by atoms with Gasteiger partial charge in [0, 0.05) is 13.1 Å². The van der Waals surface area contributed by atoms with Gasteiger partial charge in [-0.05, 0) is 42.8 Å². The van der Waals surface area contributed by atoms with Crippen LogP contribution in [-0.2, 0) is 19.6 Å². The lowest BCUT2D eigenvalue weighted by Gasteiger charge is -2.26. The Hall–Kier alpha value is -2.62. The van der Waals surface area contributed by atoms with Crippen LogP contribution in [0.3, 0.4) is 0 Å². The summed E-state index contributed by atoms with van der Waals surface area (Å²) in [5.41, 5.74) is 0.965. The Morgan fingerprint density at radius 1 is 1.07 bits per heavy atom. The van der Waals surface area contributed by atoms with Crippen molar-refractivity contribution in [3.63, 3.8) is 0 Å². The number of amides is 1. The fraction of sp³-hybridized carbons (Fsp3) is 0.381. The molecule has 162 valence electrons. The van der Waals surface area contributed by atoms with Crippen molar-refractivity contribution in [2.24, 2.45) is 0 Å². The van der Waals surface area contributed by atoms with Crippen LogP contribution < -0.4 is 14.8 Å². The first kappa shape index (κ1) is 22.1. The zero-order valence-corrected chi connectivity index (χ0v) is 17.7. The van der Waals surface area contributed by atoms with Gasteiger partial charge in [-0.1, -0.05) is 18.2 Å². The van der Waals surface area contributed by atoms with Gasteiger partial charge in [-0.2, -0.15) is 4.31 Å². The molecule has 1 saturated heterocycles. The van der Waals surface area contributed by atoms with Crippen LogP contribution in [0, 0.1) is 6.92 Å². The van der Waals surface area contributed by atoms with E-state index in [1.54, 1.807) is 12.1 Å². The molecule has 9 heteroatoms. The lowest BCUT2D eigenvalue weighted by atomic mass is 10.2. The van der Waals surface area contributed by atoms with Crippen molar-refractivity contribution in [1.82, 2.24) is 9.62 Å². The summed E-state index contributed by atoms with van der Waals surface area (Å²) in [5, 5.41) is 2.72. The van der Waals surface area contributed by atoms with Crippen molar-refractivity contribution in [3.8, 4) is 11.5 Å². The Balaban J connectivity index is 1.40. The van der Waals surface area contributed by atoms with E-state index in [9.17, 15) is 13.2 Å². The average Bonchev–Trinajstić information content (AvgIpc) is 2.77. The second-order valence-electron chi connectivity index (χ2n) is 6.74. The molecule has 2 aromatic carbocycles. The average molecular weight is 435 g/mol. The minimum absolute atomic E-state index is 0.0705. The Morgan fingerprint density at radius 3 is 2.47 bits per heavy atom. The van der Waals surface area contributed by atoms with E-state index in [0.717, 1.165) is 5.56 Å². The number of ether oxygens (including phenoxy) is 3. The molecule has 1 aliphatic rings. The zero-order valence-electron chi connectivity index (χ0n) is 16.9. The molecule has 0 bridgehead atoms. The van der Waals surface area contributed by atoms with Crippen LogP contribution in [0.5, 0.6) is 11.5 Å². The third kappa shape index (κ3) is 5.94. The van der Waals surface area contributed by atoms with Gasteiger partial charge < -0.3 is 19.5 Å². The van der Waals surface area contributed by atoms with E-state index >= 15 is 0 Å². The minimum atomic E-state index is -3.52. The Labute approximate surface area is 176 Å². The Morgan fingerprint density at radius 2 is 1.77 bits per heavy atom. The fourth-order valence-corrected chi connectivity index (χ4v) is 4.32. The molecule has 1 amide bonds. The number of carbonyl (C=O) groups is 1. The summed E-state index contributed by atoms with van der Waals surface area (Å²) in [7, 11) is -3.52. The SMILES string of the molecule is Cc1ccccc1OCC(=O)NCCOc1ccc(S(=O)(=O)N2CCOCC2)cc1. The highest BCUT2D eigenvalue weighted by Gasteiger charge is 2.26. The van der Waals surface area contributed by atoms with Crippen LogP contribution in [0.1, 0.15) is 5.56 Å². The zero-order chi connectivity index (χ0) is 21.4. The molecule has 3 rings (SSSR count). The predicted octanol–water partition coefficient (Wildman–Crippen LogP) is 1.59. The van der Waals surface area contributed by atoms with E-state index in [1.165, 1.54) is 16.4 Å². The highest BCUT2D eigenvalue weighted by Crippen LogP contribution is 2.20. The van der Waals surface area contributed by atoms with Crippen LogP contribution in [0.15, 0.2) is 53.4 Å². The van der Waals surface area contributed by atoms with Crippen molar-refractivity contribution < 1.29 is 27.4 Å². The number of sulfonamides is 1. The van der Waals surface area contributed by atoms with Crippen LogP contribution in [0.25, 0.3) is 0 Å². The first-order valence-electron chi connectivity index (χ1n) is 9.73. The molecule has 30 heavy (non-hydrogen) atoms. The van der Waals surface area contributed by atoms with E-state index in [-0.39, 0.29) is 24.0 Å². The second kappa shape index (κ2) is 10.4. The van der Waals surface area contributed by atoms with Crippen molar-refractivity contribution in [2.75, 3.05) is 46.1 Å². The third-order valence-electron chi connectivity index (χ3n) is 4.58. The van der Waals surface area contributed by atoms with Gasteiger partial charge in [0.05, 0.1) is 24.7 Å². The molecule has 1 heterocycles. The molecule has 0 aliphatic carbocycles. The molecule has 8 nitrogen and oxygen atoms in total. The number of nitrogens with one attached hydrogen (secondary N) is 1. The number of rotatable bonds is 9. The normalized spacial score (nSPS) is 14.8. The van der Waals surface area contributed by atoms with Gasteiger partial charge in [0.15, 0.2) is 6.61 Å². The number of hydrogen-bond acceptors (Lipinski definition) is 6. The van der Waals surface area contributed by atoms with Gasteiger partial charge in [-0.3, -0.25) is 4.79 Å². The van der Waals surface area contributed by atoms with Gasteiger partial charge in [-0.15, -0.1) is 0 Å². The third-order valence-corrected chi connectivity index (χ3v) is 6.49. The van der Waals surface area contributed by atoms with Crippen LogP contribution in [-0.4, -0.2) is 64.7 Å². The molecule has 1 N–H and O–H groups in total. The summed E-state index contributed by atoms with van der Waals surface area (Å²) < 4.78 is 42.9. The number of morpholine rings is 1. The maximum absolute atomic E-state index is 12.6. The van der Waals surface area contributed by atoms with Crippen molar-refractivity contribution in [3.05, 3.63) is 54.1 Å². The van der Waals surface area contributed by atoms with E-state index in [2.05, 4.69) is 5.32 Å². The van der Waals surface area contributed by atoms with E-state index < -0.39 is 10.0 Å². The maximum atomic E-state index is 12.6. The molecular weight excluding hydrogens is 408 g/mol. The maximum Gasteiger partial charge on any atom is 0.258 e. The number of aryl methyl sites for hydroxylation is 1. The number of carbonyl (C=O) groups excluding carboxylic acids is 1. The molecule has 0 spiro atoms. The molecule has 0 saturated carbocycles. The summed E-state index contributed by atoms with van der Waals surface area (Å²) in [6.45, 7) is 3.93. The van der Waals surface area contributed by atoms with E-state index in [4.69, 9.17) is 14.2 Å². The number of para-hydroxylation sites is 1. The second-order valence-corrected chi connectivity index (χ2v) is 8.68.